The van der Waals surface area contributed by atoms with E-state index in [-0.39, 0.29) is 5.32 Å². The molecule has 192 valence electrons. The second-order valence-electron chi connectivity index (χ2n) is 9.62. The van der Waals surface area contributed by atoms with Gasteiger partial charge in [0.25, 0.3) is 0 Å². The molecule has 1 aliphatic heterocycles. The molecular formula is C20H30F3N3O7Si. The van der Waals surface area contributed by atoms with Gasteiger partial charge in [-0.05, 0) is 5.04 Å². The molecule has 0 spiro atoms. The van der Waals surface area contributed by atoms with Crippen molar-refractivity contribution in [2.75, 3.05) is 6.61 Å². The first kappa shape index (κ1) is 27.8. The van der Waals surface area contributed by atoms with Gasteiger partial charge in [-0.2, -0.15) is 13.2 Å². The third-order valence-electron chi connectivity index (χ3n) is 6.01. The summed E-state index contributed by atoms with van der Waals surface area (Å²) in [5.74, 6) is -2.33. The van der Waals surface area contributed by atoms with Crippen LogP contribution in [0.3, 0.4) is 0 Å². The molecule has 0 amide bonds. The molecule has 1 aromatic rings. The summed E-state index contributed by atoms with van der Waals surface area (Å²) in [6, 6.07) is 0. The minimum absolute atomic E-state index is 0.190. The molecule has 0 radical (unpaired) electrons. The second kappa shape index (κ2) is 9.64. The number of alkyl halides is 3. The van der Waals surface area contributed by atoms with Crippen LogP contribution in [-0.4, -0.2) is 65.9 Å². The topological polar surface area (TPSA) is 119 Å². The molecule has 34 heavy (non-hydrogen) atoms. The van der Waals surface area contributed by atoms with Gasteiger partial charge in [0.05, 0.1) is 5.32 Å². The lowest BCUT2D eigenvalue weighted by Crippen LogP contribution is -2.53. The van der Waals surface area contributed by atoms with Gasteiger partial charge in [0, 0.05) is 20.8 Å². The summed E-state index contributed by atoms with van der Waals surface area (Å²) in [6.45, 7) is 11.8. The maximum Gasteiger partial charge on any atom is 0.434 e. The van der Waals surface area contributed by atoms with Crippen molar-refractivity contribution < 1.29 is 46.5 Å². The zero-order valence-electron chi connectivity index (χ0n) is 20.3. The van der Waals surface area contributed by atoms with Gasteiger partial charge in [0.1, 0.15) is 20.8 Å². The molecule has 0 N–H and O–H groups in total. The fourth-order valence-electron chi connectivity index (χ4n) is 3.40. The molecule has 1 aromatic heterocycles. The minimum Gasteiger partial charge on any atom is -0.463 e. The number of rotatable bonds is 6. The van der Waals surface area contributed by atoms with Crippen LogP contribution in [-0.2, 0) is 39.5 Å². The average Bonchev–Trinajstić information content (AvgIpc) is 3.21. The van der Waals surface area contributed by atoms with Crippen LogP contribution in [0.2, 0.25) is 18.1 Å². The molecule has 2 heterocycles. The Morgan fingerprint density at radius 3 is 1.97 bits per heavy atom. The Balaban J connectivity index is 2.67. The molecule has 1 fully saturated rings. The lowest BCUT2D eigenvalue weighted by atomic mass is 10.1. The van der Waals surface area contributed by atoms with Crippen molar-refractivity contribution in [3.63, 3.8) is 0 Å². The number of hydrogen-bond acceptors (Lipinski definition) is 9. The number of hydrogen-bond donors (Lipinski definition) is 0. The highest BCUT2D eigenvalue weighted by Gasteiger charge is 2.55. The van der Waals surface area contributed by atoms with E-state index < -0.39 is 74.0 Å². The highest BCUT2D eigenvalue weighted by molar-refractivity contribution is 6.91. The number of halogens is 3. The van der Waals surface area contributed by atoms with E-state index in [1.54, 1.807) is 13.1 Å². The summed E-state index contributed by atoms with van der Waals surface area (Å²) >= 11 is 0. The Bertz CT molecular complexity index is 943. The van der Waals surface area contributed by atoms with E-state index in [4.69, 9.17) is 18.9 Å². The average molecular weight is 510 g/mol. The first-order valence-electron chi connectivity index (χ1n) is 10.5. The van der Waals surface area contributed by atoms with E-state index in [0.717, 1.165) is 20.8 Å². The molecule has 0 bridgehead atoms. The predicted molar refractivity (Wildman–Crippen MR) is 114 cm³/mol. The molecule has 10 nitrogen and oxygen atoms in total. The van der Waals surface area contributed by atoms with Crippen LogP contribution in [0.15, 0.2) is 0 Å². The van der Waals surface area contributed by atoms with Crippen molar-refractivity contribution in [2.45, 2.75) is 90.4 Å². The summed E-state index contributed by atoms with van der Waals surface area (Å²) in [4.78, 5) is 34.8. The summed E-state index contributed by atoms with van der Waals surface area (Å²) < 4.78 is 64.7. The Morgan fingerprint density at radius 1 is 1.00 bits per heavy atom. The van der Waals surface area contributed by atoms with Crippen molar-refractivity contribution in [1.29, 1.82) is 0 Å². The summed E-state index contributed by atoms with van der Waals surface area (Å²) in [5, 5.41) is 6.98. The minimum atomic E-state index is -4.87. The first-order valence-corrected chi connectivity index (χ1v) is 13.5. The lowest BCUT2D eigenvalue weighted by Gasteiger charge is -2.36. The van der Waals surface area contributed by atoms with Gasteiger partial charge in [0.2, 0.25) is 0 Å². The number of esters is 3. The SMILES string of the molecule is CC(=O)OC[C@H]1O[C@@H](n2nnc([Si](C)(C)C(C)(C)C)c2C(F)(F)F)[C@H](OC(C)=O)[C@@H]1OC(C)=O. The zero-order chi connectivity index (χ0) is 26.2. The van der Waals surface area contributed by atoms with Crippen LogP contribution in [0.1, 0.15) is 53.5 Å². The van der Waals surface area contributed by atoms with Crippen molar-refractivity contribution in [1.82, 2.24) is 15.0 Å². The van der Waals surface area contributed by atoms with Crippen molar-refractivity contribution in [2.24, 2.45) is 0 Å². The van der Waals surface area contributed by atoms with E-state index in [1.165, 1.54) is 0 Å². The van der Waals surface area contributed by atoms with Gasteiger partial charge in [-0.15, -0.1) is 5.10 Å². The number of ether oxygens (including phenoxy) is 4. The van der Waals surface area contributed by atoms with Gasteiger partial charge < -0.3 is 18.9 Å². The van der Waals surface area contributed by atoms with Crippen molar-refractivity contribution in [3.05, 3.63) is 5.69 Å². The Morgan fingerprint density at radius 2 is 1.53 bits per heavy atom. The highest BCUT2D eigenvalue weighted by atomic mass is 28.3. The normalized spacial score (nSPS) is 23.5. The quantitative estimate of drug-likeness (QED) is 0.323. The number of aromatic nitrogens is 3. The number of nitrogens with zero attached hydrogens (tertiary/aromatic N) is 3. The largest absolute Gasteiger partial charge is 0.463 e. The Kier molecular flexibility index (Phi) is 7.87. The fourth-order valence-corrected chi connectivity index (χ4v) is 5.26. The van der Waals surface area contributed by atoms with Crippen LogP contribution in [0.5, 0.6) is 0 Å². The van der Waals surface area contributed by atoms with Gasteiger partial charge in [-0.3, -0.25) is 14.4 Å². The van der Waals surface area contributed by atoms with Gasteiger partial charge in [-0.25, -0.2) is 4.68 Å². The maximum atomic E-state index is 14.4. The van der Waals surface area contributed by atoms with E-state index in [9.17, 15) is 27.6 Å². The van der Waals surface area contributed by atoms with E-state index >= 15 is 0 Å². The zero-order valence-corrected chi connectivity index (χ0v) is 21.3. The standard InChI is InChI=1S/C20H30F3N3O7Si/c1-10(27)30-9-13-14(31-11(2)28)15(32-12(3)29)18(33-13)26-16(20(21,22)23)17(24-25-26)34(7,8)19(4,5)6/h13-15,18H,9H2,1-8H3/t13-,14-,15-,18-/m1/s1. The third kappa shape index (κ3) is 5.77. The highest BCUT2D eigenvalue weighted by Crippen LogP contribution is 2.41. The predicted octanol–water partition coefficient (Wildman–Crippen LogP) is 2.34. The van der Waals surface area contributed by atoms with Crippen LogP contribution < -0.4 is 5.32 Å². The van der Waals surface area contributed by atoms with Crippen LogP contribution in [0.25, 0.3) is 0 Å². The molecule has 14 heteroatoms. The molecule has 0 unspecified atom stereocenters. The smallest absolute Gasteiger partial charge is 0.434 e. The van der Waals surface area contributed by atoms with Gasteiger partial charge in [-0.1, -0.05) is 39.1 Å². The molecule has 0 saturated carbocycles. The maximum absolute atomic E-state index is 14.4. The van der Waals surface area contributed by atoms with E-state index in [0.29, 0.717) is 4.68 Å². The molecular weight excluding hydrogens is 479 g/mol. The number of carbonyl (C=O) groups excluding carboxylic acids is 3. The van der Waals surface area contributed by atoms with Gasteiger partial charge in [0.15, 0.2) is 24.1 Å². The summed E-state index contributed by atoms with van der Waals surface area (Å²) in [5.41, 5.74) is -1.13. The summed E-state index contributed by atoms with van der Waals surface area (Å²) in [7, 11) is -2.84. The molecule has 0 aliphatic carbocycles. The lowest BCUT2D eigenvalue weighted by molar-refractivity contribution is -0.168. The molecule has 0 aromatic carbocycles. The van der Waals surface area contributed by atoms with Gasteiger partial charge >= 0.3 is 24.1 Å². The second-order valence-corrected chi connectivity index (χ2v) is 14.8. The molecule has 1 saturated heterocycles. The monoisotopic (exact) mass is 509 g/mol. The Labute approximate surface area is 196 Å². The molecule has 1 aliphatic rings. The Hall–Kier alpha value is -2.48. The fraction of sp³-hybridized carbons (Fsp3) is 0.750. The van der Waals surface area contributed by atoms with Crippen LogP contribution >= 0.6 is 0 Å². The summed E-state index contributed by atoms with van der Waals surface area (Å²) in [6.07, 6.45) is -10.6. The van der Waals surface area contributed by atoms with E-state index in [1.807, 2.05) is 20.8 Å². The van der Waals surface area contributed by atoms with Crippen LogP contribution in [0, 0.1) is 0 Å². The first-order chi connectivity index (χ1) is 15.4. The van der Waals surface area contributed by atoms with Crippen molar-refractivity contribution in [3.8, 4) is 0 Å². The van der Waals surface area contributed by atoms with Crippen LogP contribution in [0.4, 0.5) is 13.2 Å². The molecule has 4 atom stereocenters. The number of carbonyl (C=O) groups is 3. The molecule has 2 rings (SSSR count). The van der Waals surface area contributed by atoms with E-state index in [2.05, 4.69) is 10.3 Å². The van der Waals surface area contributed by atoms with Crippen molar-refractivity contribution >= 4 is 31.3 Å². The third-order valence-corrected chi connectivity index (χ3v) is 11.3.